The number of pyridine rings is 1. The monoisotopic (exact) mass is 494 g/mol. The molecule has 0 saturated carbocycles. The first-order chi connectivity index (χ1) is 16.8. The number of benzene rings is 3. The normalized spacial score (nSPS) is 13.7. The van der Waals surface area contributed by atoms with E-state index in [1.165, 1.54) is 64.8 Å². The lowest BCUT2D eigenvalue weighted by Crippen LogP contribution is -2.32. The Morgan fingerprint density at radius 2 is 1.64 bits per heavy atom. The first-order valence-electron chi connectivity index (χ1n) is 13.0. The predicted octanol–water partition coefficient (Wildman–Crippen LogP) is 9.20. The largest absolute Gasteiger partial charge is 0.455 e. The second-order valence-corrected chi connectivity index (χ2v) is 13.9. The van der Waals surface area contributed by atoms with Crippen LogP contribution in [0.4, 0.5) is 0 Å². The molecule has 0 N–H and O–H groups in total. The van der Waals surface area contributed by atoms with Gasteiger partial charge in [-0.25, -0.2) is 4.57 Å². The molecule has 0 unspecified atom stereocenters. The number of aryl methyl sites for hydroxylation is 2. The van der Waals surface area contributed by atoms with Crippen molar-refractivity contribution in [1.29, 1.82) is 0 Å². The summed E-state index contributed by atoms with van der Waals surface area (Å²) in [6.07, 6.45) is 3.25. The fourth-order valence-electron chi connectivity index (χ4n) is 5.83. The maximum absolute atomic E-state index is 6.73. The highest BCUT2D eigenvalue weighted by atomic mass is 32.2. The summed E-state index contributed by atoms with van der Waals surface area (Å²) in [7, 11) is 2.18. The summed E-state index contributed by atoms with van der Waals surface area (Å²) in [6, 6.07) is 13.8. The van der Waals surface area contributed by atoms with Crippen molar-refractivity contribution in [2.75, 3.05) is 0 Å². The molecule has 3 heteroatoms. The van der Waals surface area contributed by atoms with Crippen LogP contribution in [0.1, 0.15) is 63.8 Å². The lowest BCUT2D eigenvalue weighted by atomic mass is 9.82. The van der Waals surface area contributed by atoms with Crippen molar-refractivity contribution in [3.8, 4) is 11.3 Å². The topological polar surface area (TPSA) is 17.0 Å². The molecule has 0 atom stereocenters. The van der Waals surface area contributed by atoms with Crippen LogP contribution in [-0.2, 0) is 18.9 Å². The zero-order valence-electron chi connectivity index (χ0n) is 23.0. The van der Waals surface area contributed by atoms with Crippen molar-refractivity contribution in [3.63, 3.8) is 0 Å². The minimum absolute atomic E-state index is 0.0448. The maximum atomic E-state index is 6.73. The summed E-state index contributed by atoms with van der Waals surface area (Å²) in [5.74, 6) is 0. The van der Waals surface area contributed by atoms with Crippen molar-refractivity contribution in [2.24, 2.45) is 12.5 Å². The lowest BCUT2D eigenvalue weighted by Gasteiger charge is -2.29. The summed E-state index contributed by atoms with van der Waals surface area (Å²) in [5.41, 5.74) is 10.5. The highest BCUT2D eigenvalue weighted by Crippen LogP contribution is 2.54. The van der Waals surface area contributed by atoms with Crippen molar-refractivity contribution >= 4 is 44.5 Å². The molecule has 1 aliphatic rings. The van der Waals surface area contributed by atoms with Gasteiger partial charge < -0.3 is 4.42 Å². The average molecular weight is 495 g/mol. The molecule has 3 heterocycles. The first kappa shape index (κ1) is 23.6. The molecular formula is C33H36NOS+. The number of hydrogen-bond donors (Lipinski definition) is 0. The molecule has 6 rings (SSSR count). The standard InChI is InChI=1S/C33H36NOS/c1-18-14-24(33(6,7)8)30-26(19(18)2)28-27-21(12-13-34(28)9)16-23-22-11-10-20(17-32(3,4)5)15-25(22)35-29(23)31(27)36-30/h10-16H,17H2,1-9H3/q+1. The summed E-state index contributed by atoms with van der Waals surface area (Å²) < 4.78 is 9.04. The van der Waals surface area contributed by atoms with Crippen molar-refractivity contribution in [1.82, 2.24) is 0 Å². The van der Waals surface area contributed by atoms with Crippen LogP contribution in [0.15, 0.2) is 56.8 Å². The van der Waals surface area contributed by atoms with E-state index >= 15 is 0 Å². The second kappa shape index (κ2) is 7.61. The third-order valence-corrected chi connectivity index (χ3v) is 8.89. The second-order valence-electron chi connectivity index (χ2n) is 12.9. The molecule has 0 amide bonds. The van der Waals surface area contributed by atoms with E-state index in [2.05, 4.69) is 110 Å². The van der Waals surface area contributed by atoms with Crippen molar-refractivity contribution in [3.05, 3.63) is 64.8 Å². The number of aromatic nitrogens is 1. The highest BCUT2D eigenvalue weighted by Gasteiger charge is 2.35. The summed E-state index contributed by atoms with van der Waals surface area (Å²) in [4.78, 5) is 2.63. The third kappa shape index (κ3) is 3.50. The number of nitrogens with zero attached hydrogens (tertiary/aromatic N) is 1. The molecule has 2 aromatic heterocycles. The Morgan fingerprint density at radius 1 is 0.889 bits per heavy atom. The molecule has 0 saturated heterocycles. The SMILES string of the molecule is Cc1cc(C(C)(C)C)c2c(c1C)-c1c3c(c4oc5cc(CC(C)(C)C)ccc5c4cc3cc[n+]1C)S2. The van der Waals surface area contributed by atoms with Crippen LogP contribution in [0.2, 0.25) is 0 Å². The Bertz CT molecular complexity index is 1720. The van der Waals surface area contributed by atoms with Gasteiger partial charge in [-0.2, -0.15) is 0 Å². The van der Waals surface area contributed by atoms with E-state index in [1.54, 1.807) is 0 Å². The molecule has 0 radical (unpaired) electrons. The van der Waals surface area contributed by atoms with Gasteiger partial charge in [0.2, 0.25) is 5.69 Å². The average Bonchev–Trinajstić information content (AvgIpc) is 3.13. The van der Waals surface area contributed by atoms with E-state index < -0.39 is 0 Å². The van der Waals surface area contributed by atoms with Crippen LogP contribution >= 0.6 is 11.8 Å². The van der Waals surface area contributed by atoms with E-state index in [-0.39, 0.29) is 10.8 Å². The van der Waals surface area contributed by atoms with Gasteiger partial charge in [0.05, 0.1) is 15.8 Å². The third-order valence-electron chi connectivity index (χ3n) is 7.66. The molecule has 3 aromatic carbocycles. The molecule has 0 bridgehead atoms. The number of fused-ring (bicyclic) bond motifs is 6. The van der Waals surface area contributed by atoms with Gasteiger partial charge in [-0.15, -0.1) is 0 Å². The smallest absolute Gasteiger partial charge is 0.222 e. The molecule has 0 fully saturated rings. The molecule has 0 spiro atoms. The van der Waals surface area contributed by atoms with Crippen molar-refractivity contribution < 1.29 is 8.98 Å². The van der Waals surface area contributed by atoms with Gasteiger partial charge in [-0.1, -0.05) is 71.5 Å². The number of rotatable bonds is 1. The molecule has 184 valence electrons. The van der Waals surface area contributed by atoms with Crippen molar-refractivity contribution in [2.45, 2.75) is 77.0 Å². The molecule has 1 aliphatic heterocycles. The summed E-state index contributed by atoms with van der Waals surface area (Å²) in [5, 5.41) is 5.01. The maximum Gasteiger partial charge on any atom is 0.222 e. The van der Waals surface area contributed by atoms with E-state index in [0.717, 1.165) is 17.6 Å². The Kier molecular flexibility index (Phi) is 4.99. The van der Waals surface area contributed by atoms with Crippen LogP contribution in [0, 0.1) is 19.3 Å². The van der Waals surface area contributed by atoms with Gasteiger partial charge in [0.25, 0.3) is 0 Å². The number of furan rings is 1. The fourth-order valence-corrected chi connectivity index (χ4v) is 7.42. The van der Waals surface area contributed by atoms with Crippen LogP contribution in [-0.4, -0.2) is 0 Å². The Morgan fingerprint density at radius 3 is 2.33 bits per heavy atom. The summed E-state index contributed by atoms with van der Waals surface area (Å²) in [6.45, 7) is 18.4. The molecule has 2 nitrogen and oxygen atoms in total. The minimum Gasteiger partial charge on any atom is -0.455 e. The van der Waals surface area contributed by atoms with Gasteiger partial charge in [0.1, 0.15) is 18.2 Å². The molecule has 36 heavy (non-hydrogen) atoms. The van der Waals surface area contributed by atoms with E-state index in [1.807, 2.05) is 11.8 Å². The van der Waals surface area contributed by atoms with Gasteiger partial charge in [-0.05, 0) is 70.9 Å². The quantitative estimate of drug-likeness (QED) is 0.212. The molecular weight excluding hydrogens is 458 g/mol. The van der Waals surface area contributed by atoms with Crippen LogP contribution < -0.4 is 4.57 Å². The Labute approximate surface area is 218 Å². The van der Waals surface area contributed by atoms with E-state index in [0.29, 0.717) is 0 Å². The summed E-state index contributed by atoms with van der Waals surface area (Å²) >= 11 is 1.91. The van der Waals surface area contributed by atoms with Crippen LogP contribution in [0.25, 0.3) is 44.0 Å². The fraction of sp³-hybridized carbons (Fsp3) is 0.364. The molecule has 0 aliphatic carbocycles. The van der Waals surface area contributed by atoms with Gasteiger partial charge in [0, 0.05) is 21.7 Å². The van der Waals surface area contributed by atoms with Gasteiger partial charge >= 0.3 is 0 Å². The lowest BCUT2D eigenvalue weighted by molar-refractivity contribution is -0.659. The predicted molar refractivity (Wildman–Crippen MR) is 153 cm³/mol. The highest BCUT2D eigenvalue weighted by molar-refractivity contribution is 8.00. The van der Waals surface area contributed by atoms with Gasteiger partial charge in [0.15, 0.2) is 6.20 Å². The van der Waals surface area contributed by atoms with Crippen LogP contribution in [0.5, 0.6) is 0 Å². The Hall–Kier alpha value is -2.78. The zero-order chi connectivity index (χ0) is 25.7. The zero-order valence-corrected chi connectivity index (χ0v) is 23.8. The number of hydrogen-bond acceptors (Lipinski definition) is 2. The van der Waals surface area contributed by atoms with Crippen LogP contribution in [0.3, 0.4) is 0 Å². The van der Waals surface area contributed by atoms with E-state index in [9.17, 15) is 0 Å². The first-order valence-corrected chi connectivity index (χ1v) is 13.8. The van der Waals surface area contributed by atoms with Gasteiger partial charge in [-0.3, -0.25) is 0 Å². The Balaban J connectivity index is 1.72. The minimum atomic E-state index is 0.0448. The molecule has 5 aromatic rings. The van der Waals surface area contributed by atoms with E-state index in [4.69, 9.17) is 4.42 Å².